The Balaban J connectivity index is 1.56. The molecular weight excluding hydrogens is 1020 g/mol. The van der Waals surface area contributed by atoms with E-state index >= 15 is 0 Å². The van der Waals surface area contributed by atoms with Crippen molar-refractivity contribution in [3.05, 3.63) is 72.8 Å². The predicted octanol–water partition coefficient (Wildman–Crippen LogP) is 7.01. The van der Waals surface area contributed by atoms with E-state index in [4.69, 9.17) is 24.1 Å². The molecule has 0 aliphatic rings. The van der Waals surface area contributed by atoms with Gasteiger partial charge in [-0.1, -0.05) is 27.2 Å². The van der Waals surface area contributed by atoms with Gasteiger partial charge in [-0.15, -0.1) is 28.3 Å². The molecule has 34 heteroatoms. The normalized spacial score (nSPS) is 12.9. The van der Waals surface area contributed by atoms with E-state index in [1.165, 1.54) is 48.5 Å². The number of hydrogen-bond donors (Lipinski definition) is 7. The Bertz CT molecular complexity index is 3020. The maximum atomic E-state index is 12.9. The number of nitrogens with zero attached hydrogens (tertiary/aromatic N) is 4. The van der Waals surface area contributed by atoms with Gasteiger partial charge in [0, 0.05) is 16.2 Å². The molecule has 27 nitrogen and oxygen atoms in total. The van der Waals surface area contributed by atoms with Crippen LogP contribution in [0.3, 0.4) is 0 Å². The lowest BCUT2D eigenvalue weighted by Crippen LogP contribution is -2.13. The zero-order valence-electron chi connectivity index (χ0n) is 31.8. The fourth-order valence-corrected chi connectivity index (χ4v) is 9.95. The van der Waals surface area contributed by atoms with Crippen molar-refractivity contribution < 1.29 is 100 Å². The SMILES string of the molecule is O=S(=O)(O)CNc1ccc2c(O)c(N=Nc3ccc4cc(S(=O)(=O)CCOSOOO)ccc4c3S(=O)(=O)O)c(SOOO)cc2c1N=Nc1ccc(S(=O)(=O)CCOSOOO)cc1. The van der Waals surface area contributed by atoms with E-state index in [9.17, 15) is 47.9 Å². The second-order valence-corrected chi connectivity index (χ2v) is 20.9. The van der Waals surface area contributed by atoms with Gasteiger partial charge in [0.15, 0.2) is 50.1 Å². The first-order chi connectivity index (χ1) is 30.8. The Morgan fingerprint density at radius 2 is 1.18 bits per heavy atom. The number of azo groups is 2. The standard InChI is InChI=1S/C31H29N5O22S7/c37-30-23-8-10-25(32-17-64(45,46)47)28(35-33-19-2-4-20(5-3-19)62(41,42)13-11-51-60-57-54-39)24(23)16-27(59-56-53-38)29(30)36-34-26-9-1-18-15-21(6-7-22(18)31(26)65(48,49)50)63(43,44)14-12-52-61-58-55-40/h1-10,15-16,32,37-40H,11-14,17H2,(H,45,46,47)(H,48,49,50). The molecule has 0 aliphatic carbocycles. The van der Waals surface area contributed by atoms with Gasteiger partial charge >= 0.3 is 0 Å². The van der Waals surface area contributed by atoms with Gasteiger partial charge in [-0.25, -0.2) is 32.6 Å². The summed E-state index contributed by atoms with van der Waals surface area (Å²) in [4.78, 5) is -1.45. The Hall–Kier alpha value is -4.25. The molecule has 0 heterocycles. The first kappa shape index (κ1) is 51.7. The second-order valence-electron chi connectivity index (χ2n) is 12.1. The first-order valence-corrected chi connectivity index (χ1v) is 25.3. The number of benzene rings is 5. The smallest absolute Gasteiger partial charge is 0.297 e. The van der Waals surface area contributed by atoms with E-state index in [1.54, 1.807) is 0 Å². The van der Waals surface area contributed by atoms with Gasteiger partial charge in [-0.3, -0.25) is 17.5 Å². The van der Waals surface area contributed by atoms with Gasteiger partial charge < -0.3 is 10.4 Å². The molecule has 0 atom stereocenters. The second kappa shape index (κ2) is 23.0. The quantitative estimate of drug-likeness (QED) is 0.00771. The van der Waals surface area contributed by atoms with E-state index in [0.29, 0.717) is 0 Å². The third-order valence-corrected chi connectivity index (χ3v) is 14.3. The van der Waals surface area contributed by atoms with Crippen LogP contribution in [0.15, 0.2) is 113 Å². The van der Waals surface area contributed by atoms with Crippen molar-refractivity contribution in [2.75, 3.05) is 35.9 Å². The van der Waals surface area contributed by atoms with Crippen molar-refractivity contribution in [3.8, 4) is 5.75 Å². The van der Waals surface area contributed by atoms with Gasteiger partial charge in [0.1, 0.15) is 27.8 Å². The van der Waals surface area contributed by atoms with Crippen LogP contribution < -0.4 is 5.32 Å². The van der Waals surface area contributed by atoms with Crippen LogP contribution in [0.1, 0.15) is 0 Å². The number of aromatic hydroxyl groups is 1. The Labute approximate surface area is 379 Å². The third kappa shape index (κ3) is 14.1. The van der Waals surface area contributed by atoms with E-state index in [2.05, 4.69) is 53.9 Å². The summed E-state index contributed by atoms with van der Waals surface area (Å²) in [6, 6.07) is 14.3. The molecule has 65 heavy (non-hydrogen) atoms. The third-order valence-electron chi connectivity index (χ3n) is 8.15. The highest BCUT2D eigenvalue weighted by molar-refractivity contribution is 7.94. The number of sulfone groups is 2. The average molecular weight is 1050 g/mol. The lowest BCUT2D eigenvalue weighted by atomic mass is 10.1. The van der Waals surface area contributed by atoms with Gasteiger partial charge in [0.25, 0.3) is 20.2 Å². The van der Waals surface area contributed by atoms with Gasteiger partial charge in [-0.2, -0.15) is 21.9 Å². The molecule has 5 rings (SSSR count). The van der Waals surface area contributed by atoms with E-state index < -0.39 is 85.9 Å². The summed E-state index contributed by atoms with van der Waals surface area (Å²) < 4.78 is 142. The summed E-state index contributed by atoms with van der Waals surface area (Å²) in [5.74, 6) is -2.81. The highest BCUT2D eigenvalue weighted by Gasteiger charge is 2.24. The molecule has 0 unspecified atom stereocenters. The molecule has 0 saturated heterocycles. The summed E-state index contributed by atoms with van der Waals surface area (Å²) in [7, 11) is -17.7. The maximum Gasteiger partial charge on any atom is 0.297 e. The van der Waals surface area contributed by atoms with Crippen molar-refractivity contribution in [2.24, 2.45) is 20.5 Å². The lowest BCUT2D eigenvalue weighted by Gasteiger charge is -2.14. The molecule has 0 spiro atoms. The van der Waals surface area contributed by atoms with Crippen LogP contribution in [0.25, 0.3) is 21.5 Å². The molecule has 0 saturated carbocycles. The minimum absolute atomic E-state index is 0.0205. The number of phenols is 1. The minimum atomic E-state index is -5.14. The summed E-state index contributed by atoms with van der Waals surface area (Å²) in [5, 5.41) is 65.6. The fraction of sp³-hybridized carbons (Fsp3) is 0.161. The monoisotopic (exact) mass is 1050 g/mol. The zero-order chi connectivity index (χ0) is 47.4. The fourth-order valence-electron chi connectivity index (χ4n) is 5.43. The van der Waals surface area contributed by atoms with Crippen molar-refractivity contribution in [2.45, 2.75) is 19.6 Å². The summed E-state index contributed by atoms with van der Waals surface area (Å²) in [6.45, 7) is -0.764. The predicted molar refractivity (Wildman–Crippen MR) is 226 cm³/mol. The van der Waals surface area contributed by atoms with Crippen molar-refractivity contribution >= 4 is 127 Å². The van der Waals surface area contributed by atoms with Crippen molar-refractivity contribution in [3.63, 3.8) is 0 Å². The number of rotatable bonds is 25. The van der Waals surface area contributed by atoms with Crippen LogP contribution in [0.5, 0.6) is 5.75 Å². The minimum Gasteiger partial charge on any atom is -0.505 e. The zero-order valence-corrected chi connectivity index (χ0v) is 37.5. The number of fused-ring (bicyclic) bond motifs is 2. The van der Waals surface area contributed by atoms with Crippen LogP contribution in [0.2, 0.25) is 0 Å². The highest BCUT2D eigenvalue weighted by Crippen LogP contribution is 2.48. The van der Waals surface area contributed by atoms with Gasteiger partial charge in [-0.05, 0) is 66.0 Å². The first-order valence-electron chi connectivity index (χ1n) is 16.9. The Morgan fingerprint density at radius 1 is 0.600 bits per heavy atom. The van der Waals surface area contributed by atoms with Crippen LogP contribution in [0, 0.1) is 0 Å². The molecule has 5 aromatic carbocycles. The van der Waals surface area contributed by atoms with E-state index in [0.717, 1.165) is 24.3 Å². The summed E-state index contributed by atoms with van der Waals surface area (Å²) in [6.07, 6.45) is 0. The lowest BCUT2D eigenvalue weighted by molar-refractivity contribution is -0.434. The number of hydrogen-bond acceptors (Lipinski definition) is 28. The Morgan fingerprint density at radius 3 is 1.78 bits per heavy atom. The molecule has 0 fully saturated rings. The molecular formula is C31H29N5O22S7. The molecule has 0 aliphatic heterocycles. The maximum absolute atomic E-state index is 12.9. The Kier molecular flexibility index (Phi) is 18.3. The molecule has 0 amide bonds. The summed E-state index contributed by atoms with van der Waals surface area (Å²) in [5.41, 5.74) is -1.18. The topological polar surface area (TPSA) is 393 Å². The number of phenolic OH excluding ortho intramolecular Hbond substituents is 1. The molecule has 5 aromatic rings. The van der Waals surface area contributed by atoms with Gasteiger partial charge in [0.05, 0.1) is 62.8 Å². The molecule has 0 radical (unpaired) electrons. The van der Waals surface area contributed by atoms with E-state index in [1.807, 2.05) is 0 Å². The van der Waals surface area contributed by atoms with Crippen LogP contribution in [-0.4, -0.2) is 94.3 Å². The van der Waals surface area contributed by atoms with Gasteiger partial charge in [0.2, 0.25) is 0 Å². The average Bonchev–Trinajstić information content (AvgIpc) is 3.25. The largest absolute Gasteiger partial charge is 0.505 e. The van der Waals surface area contributed by atoms with E-state index in [-0.39, 0.29) is 96.6 Å². The molecule has 352 valence electrons. The number of nitrogens with one attached hydrogen (secondary N) is 1. The van der Waals surface area contributed by atoms with Crippen LogP contribution >= 0.6 is 36.7 Å². The summed E-state index contributed by atoms with van der Waals surface area (Å²) >= 11 is 0.586. The van der Waals surface area contributed by atoms with Crippen molar-refractivity contribution in [1.82, 2.24) is 0 Å². The molecule has 0 aromatic heterocycles. The molecule has 0 bridgehead atoms. The van der Waals surface area contributed by atoms with Crippen LogP contribution in [0.4, 0.5) is 28.4 Å². The van der Waals surface area contributed by atoms with Crippen LogP contribution in [-0.2, 0) is 76.4 Å². The van der Waals surface area contributed by atoms with Crippen molar-refractivity contribution in [1.29, 1.82) is 0 Å². The molecule has 7 N–H and O–H groups in total. The number of anilines is 1. The highest BCUT2D eigenvalue weighted by atomic mass is 32.2.